The van der Waals surface area contributed by atoms with Crippen LogP contribution in [0.15, 0.2) is 36.4 Å². The third-order valence-corrected chi connectivity index (χ3v) is 7.09. The summed E-state index contributed by atoms with van der Waals surface area (Å²) in [6.45, 7) is 2.70. The summed E-state index contributed by atoms with van der Waals surface area (Å²) in [5.41, 5.74) is 0.489. The van der Waals surface area contributed by atoms with E-state index < -0.39 is 5.60 Å². The summed E-state index contributed by atoms with van der Waals surface area (Å²) in [6, 6.07) is 10.1. The number of ether oxygens (including phenoxy) is 3. The Bertz CT molecular complexity index is 1010. The van der Waals surface area contributed by atoms with Crippen LogP contribution in [0.5, 0.6) is 23.0 Å². The van der Waals surface area contributed by atoms with Crippen LogP contribution >= 0.6 is 0 Å². The van der Waals surface area contributed by atoms with Crippen LogP contribution in [0.4, 0.5) is 0 Å². The topological polar surface area (TPSA) is 88.5 Å². The summed E-state index contributed by atoms with van der Waals surface area (Å²) < 4.78 is 16.4. The lowest BCUT2D eigenvalue weighted by Gasteiger charge is -2.52. The van der Waals surface area contributed by atoms with Gasteiger partial charge in [0.25, 0.3) is 5.91 Å². The Kier molecular flexibility index (Phi) is 6.70. The van der Waals surface area contributed by atoms with Crippen LogP contribution in [-0.2, 0) is 0 Å². The van der Waals surface area contributed by atoms with Gasteiger partial charge < -0.3 is 29.3 Å². The number of piperidine rings is 1. The molecule has 1 amide bonds. The van der Waals surface area contributed by atoms with Gasteiger partial charge in [0, 0.05) is 18.5 Å². The van der Waals surface area contributed by atoms with Gasteiger partial charge in [0.2, 0.25) is 0 Å². The first-order valence-electron chi connectivity index (χ1n) is 11.6. The van der Waals surface area contributed by atoms with Crippen LogP contribution in [-0.4, -0.2) is 54.0 Å². The Morgan fingerprint density at radius 2 is 1.91 bits per heavy atom. The summed E-state index contributed by atoms with van der Waals surface area (Å²) in [4.78, 5) is 15.7. The van der Waals surface area contributed by atoms with E-state index in [-0.39, 0.29) is 23.6 Å². The van der Waals surface area contributed by atoms with Gasteiger partial charge >= 0.3 is 0 Å². The van der Waals surface area contributed by atoms with Crippen LogP contribution in [0.25, 0.3) is 0 Å². The third-order valence-electron chi connectivity index (χ3n) is 7.09. The molecule has 0 spiro atoms. The van der Waals surface area contributed by atoms with Crippen LogP contribution in [0.3, 0.4) is 0 Å². The third kappa shape index (κ3) is 4.34. The Hall–Kier alpha value is -2.93. The highest BCUT2D eigenvalue weighted by Gasteiger charge is 2.50. The molecule has 1 saturated heterocycles. The lowest BCUT2D eigenvalue weighted by atomic mass is 9.66. The second-order valence-electron chi connectivity index (χ2n) is 8.88. The number of benzene rings is 2. The highest BCUT2D eigenvalue weighted by molar-refractivity contribution is 5.97. The number of aliphatic hydroxyl groups is 1. The Labute approximate surface area is 194 Å². The number of likely N-dealkylation sites (tertiary alicyclic amines) is 1. The van der Waals surface area contributed by atoms with Gasteiger partial charge in [-0.1, -0.05) is 18.9 Å². The molecular formula is C26H33NO6. The van der Waals surface area contributed by atoms with E-state index in [0.29, 0.717) is 42.4 Å². The quantitative estimate of drug-likeness (QED) is 0.675. The van der Waals surface area contributed by atoms with E-state index in [9.17, 15) is 15.0 Å². The minimum absolute atomic E-state index is 0.0602. The lowest BCUT2D eigenvalue weighted by Crippen LogP contribution is -2.56. The number of phenolic OH excluding ortho intramolecular Hbond substituents is 1. The number of hydrogen-bond donors (Lipinski definition) is 2. The summed E-state index contributed by atoms with van der Waals surface area (Å²) in [7, 11) is 3.11. The van der Waals surface area contributed by atoms with Crippen molar-refractivity contribution in [3.8, 4) is 23.0 Å². The largest absolute Gasteiger partial charge is 0.504 e. The number of carbonyl (C=O) groups is 1. The van der Waals surface area contributed by atoms with Crippen molar-refractivity contribution >= 4 is 5.91 Å². The van der Waals surface area contributed by atoms with Crippen LogP contribution in [0.2, 0.25) is 0 Å². The molecule has 0 radical (unpaired) electrons. The molecule has 33 heavy (non-hydrogen) atoms. The maximum Gasteiger partial charge on any atom is 0.258 e. The molecule has 2 aliphatic rings. The number of methoxy groups -OCH3 is 2. The molecule has 2 aromatic carbocycles. The molecule has 1 aliphatic carbocycles. The van der Waals surface area contributed by atoms with Gasteiger partial charge in [0.05, 0.1) is 38.0 Å². The summed E-state index contributed by atoms with van der Waals surface area (Å²) in [6.07, 6.45) is 4.09. The fourth-order valence-electron chi connectivity index (χ4n) is 5.44. The average Bonchev–Trinajstić information content (AvgIpc) is 2.83. The van der Waals surface area contributed by atoms with E-state index in [1.54, 1.807) is 37.4 Å². The van der Waals surface area contributed by atoms with Crippen LogP contribution in [0, 0.1) is 5.92 Å². The van der Waals surface area contributed by atoms with Crippen molar-refractivity contribution in [1.82, 2.24) is 4.90 Å². The second-order valence-corrected chi connectivity index (χ2v) is 8.88. The fraction of sp³-hybridized carbons (Fsp3) is 0.500. The highest BCUT2D eigenvalue weighted by atomic mass is 16.5. The van der Waals surface area contributed by atoms with Gasteiger partial charge in [0.15, 0.2) is 11.5 Å². The van der Waals surface area contributed by atoms with E-state index in [1.807, 2.05) is 17.9 Å². The summed E-state index contributed by atoms with van der Waals surface area (Å²) in [5.74, 6) is 1.24. The first kappa shape index (κ1) is 23.2. The Balaban J connectivity index is 1.78. The van der Waals surface area contributed by atoms with Crippen molar-refractivity contribution in [1.29, 1.82) is 0 Å². The van der Waals surface area contributed by atoms with Crippen molar-refractivity contribution in [3.05, 3.63) is 47.5 Å². The molecule has 0 bridgehead atoms. The molecule has 7 nitrogen and oxygen atoms in total. The molecule has 2 N–H and O–H groups in total. The number of aromatic hydroxyl groups is 1. The predicted molar refractivity (Wildman–Crippen MR) is 124 cm³/mol. The normalized spacial score (nSPS) is 24.7. The monoisotopic (exact) mass is 455 g/mol. The number of nitrogens with zero attached hydrogens (tertiary/aromatic N) is 1. The van der Waals surface area contributed by atoms with Crippen molar-refractivity contribution < 1.29 is 29.2 Å². The zero-order valence-corrected chi connectivity index (χ0v) is 19.5. The smallest absolute Gasteiger partial charge is 0.258 e. The molecule has 2 aromatic rings. The van der Waals surface area contributed by atoms with E-state index in [1.165, 1.54) is 7.11 Å². The molecule has 0 aromatic heterocycles. The van der Waals surface area contributed by atoms with Crippen molar-refractivity contribution in [2.24, 2.45) is 5.92 Å². The molecule has 7 heteroatoms. The van der Waals surface area contributed by atoms with Gasteiger partial charge in [0.1, 0.15) is 11.5 Å². The molecule has 1 saturated carbocycles. The number of fused-ring (bicyclic) bond motifs is 1. The maximum atomic E-state index is 13.9. The molecule has 1 heterocycles. The molecule has 3 atom stereocenters. The first-order chi connectivity index (χ1) is 15.9. The first-order valence-corrected chi connectivity index (χ1v) is 11.6. The minimum atomic E-state index is -0.812. The molecule has 3 unspecified atom stereocenters. The molecule has 2 fully saturated rings. The molecule has 4 rings (SSSR count). The predicted octanol–water partition coefficient (Wildman–Crippen LogP) is 4.32. The molecule has 178 valence electrons. The number of phenols is 1. The maximum absolute atomic E-state index is 13.9. The number of hydrogen-bond acceptors (Lipinski definition) is 6. The van der Waals surface area contributed by atoms with Gasteiger partial charge in [-0.05, 0) is 56.0 Å². The van der Waals surface area contributed by atoms with Gasteiger partial charge in [-0.25, -0.2) is 0 Å². The highest BCUT2D eigenvalue weighted by Crippen LogP contribution is 2.50. The zero-order chi connectivity index (χ0) is 23.6. The Morgan fingerprint density at radius 1 is 1.09 bits per heavy atom. The summed E-state index contributed by atoms with van der Waals surface area (Å²) >= 11 is 0. The number of amides is 1. The van der Waals surface area contributed by atoms with E-state index in [2.05, 4.69) is 0 Å². The van der Waals surface area contributed by atoms with E-state index in [4.69, 9.17) is 14.2 Å². The van der Waals surface area contributed by atoms with Crippen molar-refractivity contribution in [2.75, 3.05) is 27.4 Å². The van der Waals surface area contributed by atoms with Gasteiger partial charge in [-0.3, -0.25) is 4.79 Å². The fourth-order valence-corrected chi connectivity index (χ4v) is 5.44. The lowest BCUT2D eigenvalue weighted by molar-refractivity contribution is -0.115. The van der Waals surface area contributed by atoms with Crippen molar-refractivity contribution in [2.45, 2.75) is 50.7 Å². The zero-order valence-electron chi connectivity index (χ0n) is 19.5. The molecule has 1 aliphatic heterocycles. The summed E-state index contributed by atoms with van der Waals surface area (Å²) in [5, 5.41) is 21.8. The van der Waals surface area contributed by atoms with Gasteiger partial charge in [-0.15, -0.1) is 0 Å². The van der Waals surface area contributed by atoms with Crippen LogP contribution in [0.1, 0.15) is 61.0 Å². The van der Waals surface area contributed by atoms with Crippen molar-refractivity contribution in [3.63, 3.8) is 0 Å². The number of carbonyl (C=O) groups excluding carboxylic acids is 1. The number of rotatable bonds is 6. The minimum Gasteiger partial charge on any atom is -0.504 e. The SMILES string of the molecule is CCOc1cc(C2C3CCCCC3(O)CCN2C(=O)c2ccc(OC)cc2OC)ccc1O. The standard InChI is InChI=1S/C26H33NO6/c1-4-33-23-15-17(8-11-21(23)28)24-20-7-5-6-12-26(20,30)13-14-27(24)25(29)19-10-9-18(31-2)16-22(19)32-3/h8-11,15-16,20,24,28,30H,4-7,12-14H2,1-3H3. The van der Waals surface area contributed by atoms with Gasteiger partial charge in [-0.2, -0.15) is 0 Å². The average molecular weight is 456 g/mol. The van der Waals surface area contributed by atoms with E-state index >= 15 is 0 Å². The Morgan fingerprint density at radius 3 is 2.64 bits per heavy atom. The molecular weight excluding hydrogens is 422 g/mol. The second kappa shape index (κ2) is 9.51. The van der Waals surface area contributed by atoms with E-state index in [0.717, 1.165) is 31.2 Å². The van der Waals surface area contributed by atoms with Crippen LogP contribution < -0.4 is 14.2 Å².